The van der Waals surface area contributed by atoms with Gasteiger partial charge in [-0.25, -0.2) is 4.68 Å². The molecular formula is C20H28N2O. The Kier molecular flexibility index (Phi) is 7.05. The summed E-state index contributed by atoms with van der Waals surface area (Å²) in [5.74, 6) is 0.330. The number of unbranched alkanes of at least 4 members (excludes halogenated alkanes) is 5. The zero-order chi connectivity index (χ0) is 16.5. The number of Topliss-reactive ketones (excluding diaryl/α,β-unsaturated/α-hetero) is 1. The zero-order valence-corrected chi connectivity index (χ0v) is 14.4. The van der Waals surface area contributed by atoms with E-state index in [0.717, 1.165) is 23.4 Å². The van der Waals surface area contributed by atoms with Gasteiger partial charge in [0.25, 0.3) is 0 Å². The minimum absolute atomic E-state index is 0.330. The molecule has 0 amide bonds. The smallest absolute Gasteiger partial charge is 0.137 e. The van der Waals surface area contributed by atoms with Gasteiger partial charge in [-0.05, 0) is 25.5 Å². The maximum atomic E-state index is 12.2. The molecule has 0 atom stereocenters. The van der Waals surface area contributed by atoms with Crippen LogP contribution in [0.25, 0.3) is 5.69 Å². The van der Waals surface area contributed by atoms with E-state index >= 15 is 0 Å². The second-order valence-electron chi connectivity index (χ2n) is 6.25. The number of benzene rings is 1. The number of aryl methyl sites for hydroxylation is 1. The van der Waals surface area contributed by atoms with Gasteiger partial charge in [-0.1, -0.05) is 57.2 Å². The third-order valence-electron chi connectivity index (χ3n) is 4.22. The van der Waals surface area contributed by atoms with E-state index in [1.807, 2.05) is 48.1 Å². The minimum atomic E-state index is 0.330. The third kappa shape index (κ3) is 5.66. The Balaban J connectivity index is 1.81. The molecule has 0 radical (unpaired) electrons. The summed E-state index contributed by atoms with van der Waals surface area (Å²) in [6.07, 6.45) is 10.5. The Bertz CT molecular complexity index is 601. The molecule has 1 aromatic heterocycles. The van der Waals surface area contributed by atoms with Gasteiger partial charge in [0.1, 0.15) is 5.78 Å². The van der Waals surface area contributed by atoms with E-state index in [9.17, 15) is 4.79 Å². The van der Waals surface area contributed by atoms with Crippen molar-refractivity contribution < 1.29 is 4.79 Å². The van der Waals surface area contributed by atoms with E-state index in [4.69, 9.17) is 0 Å². The molecule has 0 unspecified atom stereocenters. The lowest BCUT2D eigenvalue weighted by Gasteiger charge is -2.01. The number of rotatable bonds is 10. The van der Waals surface area contributed by atoms with Crippen molar-refractivity contribution in [2.45, 2.75) is 65.2 Å². The second-order valence-corrected chi connectivity index (χ2v) is 6.25. The molecular weight excluding hydrogens is 284 g/mol. The van der Waals surface area contributed by atoms with Gasteiger partial charge >= 0.3 is 0 Å². The molecule has 1 heterocycles. The molecule has 124 valence electrons. The number of ketones is 1. The van der Waals surface area contributed by atoms with Crippen molar-refractivity contribution in [1.82, 2.24) is 9.78 Å². The molecule has 0 saturated heterocycles. The summed E-state index contributed by atoms with van der Waals surface area (Å²) in [4.78, 5) is 12.2. The fourth-order valence-electron chi connectivity index (χ4n) is 2.79. The molecule has 0 aliphatic heterocycles. The molecule has 0 saturated carbocycles. The SMILES string of the molecule is CCCCCCCCC(=O)Cc1cn(-c2ccccc2)nc1C. The highest BCUT2D eigenvalue weighted by Crippen LogP contribution is 2.14. The number of aromatic nitrogens is 2. The molecule has 0 aliphatic carbocycles. The number of hydrogen-bond donors (Lipinski definition) is 0. The predicted octanol–water partition coefficient (Wildman–Crippen LogP) is 5.04. The molecule has 1 aromatic carbocycles. The molecule has 2 rings (SSSR count). The van der Waals surface area contributed by atoms with Gasteiger partial charge in [-0.2, -0.15) is 5.10 Å². The summed E-state index contributed by atoms with van der Waals surface area (Å²) in [7, 11) is 0. The Morgan fingerprint density at radius 3 is 2.48 bits per heavy atom. The molecule has 0 bridgehead atoms. The van der Waals surface area contributed by atoms with Crippen molar-refractivity contribution in [2.24, 2.45) is 0 Å². The van der Waals surface area contributed by atoms with Crippen LogP contribution in [0.1, 0.15) is 63.1 Å². The first kappa shape index (κ1) is 17.5. The largest absolute Gasteiger partial charge is 0.299 e. The van der Waals surface area contributed by atoms with E-state index in [-0.39, 0.29) is 0 Å². The lowest BCUT2D eigenvalue weighted by Crippen LogP contribution is -2.03. The van der Waals surface area contributed by atoms with Crippen LogP contribution < -0.4 is 0 Å². The van der Waals surface area contributed by atoms with Crippen LogP contribution in [0, 0.1) is 6.92 Å². The molecule has 0 aliphatic rings. The highest BCUT2D eigenvalue weighted by atomic mass is 16.1. The maximum Gasteiger partial charge on any atom is 0.137 e. The number of nitrogens with zero attached hydrogens (tertiary/aromatic N) is 2. The molecule has 0 N–H and O–H groups in total. The molecule has 3 nitrogen and oxygen atoms in total. The van der Waals surface area contributed by atoms with Gasteiger partial charge in [0.05, 0.1) is 11.4 Å². The van der Waals surface area contributed by atoms with E-state index < -0.39 is 0 Å². The standard InChI is InChI=1S/C20H28N2O/c1-3-4-5-6-7-11-14-20(23)15-18-16-22(21-17(18)2)19-12-9-8-10-13-19/h8-10,12-13,16H,3-7,11,14-15H2,1-2H3. The number of carbonyl (C=O) groups excluding carboxylic acids is 1. The van der Waals surface area contributed by atoms with Crippen molar-refractivity contribution in [3.63, 3.8) is 0 Å². The topological polar surface area (TPSA) is 34.9 Å². The lowest BCUT2D eigenvalue weighted by atomic mass is 10.0. The third-order valence-corrected chi connectivity index (χ3v) is 4.22. The van der Waals surface area contributed by atoms with Crippen LogP contribution in [0.5, 0.6) is 0 Å². The fourth-order valence-corrected chi connectivity index (χ4v) is 2.79. The maximum absolute atomic E-state index is 12.2. The van der Waals surface area contributed by atoms with Crippen LogP contribution in [-0.4, -0.2) is 15.6 Å². The summed E-state index contributed by atoms with van der Waals surface area (Å²) < 4.78 is 1.86. The predicted molar refractivity (Wildman–Crippen MR) is 95.0 cm³/mol. The molecule has 0 fully saturated rings. The Labute approximate surface area is 139 Å². The van der Waals surface area contributed by atoms with E-state index in [1.54, 1.807) is 0 Å². The highest BCUT2D eigenvalue weighted by Gasteiger charge is 2.10. The minimum Gasteiger partial charge on any atom is -0.299 e. The van der Waals surface area contributed by atoms with Crippen molar-refractivity contribution in [3.05, 3.63) is 47.8 Å². The van der Waals surface area contributed by atoms with Crippen LogP contribution in [-0.2, 0) is 11.2 Å². The van der Waals surface area contributed by atoms with Crippen LogP contribution in [0.4, 0.5) is 0 Å². The van der Waals surface area contributed by atoms with E-state index in [1.165, 1.54) is 32.1 Å². The van der Waals surface area contributed by atoms with Crippen molar-refractivity contribution >= 4 is 5.78 Å². The van der Waals surface area contributed by atoms with Crippen LogP contribution >= 0.6 is 0 Å². The van der Waals surface area contributed by atoms with Gasteiger partial charge in [-0.15, -0.1) is 0 Å². The van der Waals surface area contributed by atoms with Crippen molar-refractivity contribution in [3.8, 4) is 5.69 Å². The first-order valence-corrected chi connectivity index (χ1v) is 8.83. The van der Waals surface area contributed by atoms with Gasteiger partial charge in [0, 0.05) is 24.6 Å². The molecule has 23 heavy (non-hydrogen) atoms. The zero-order valence-electron chi connectivity index (χ0n) is 14.4. The summed E-state index contributed by atoms with van der Waals surface area (Å²) in [6.45, 7) is 4.20. The van der Waals surface area contributed by atoms with Gasteiger partial charge in [0.2, 0.25) is 0 Å². The van der Waals surface area contributed by atoms with E-state index in [2.05, 4.69) is 12.0 Å². The quantitative estimate of drug-likeness (QED) is 0.576. The summed E-state index contributed by atoms with van der Waals surface area (Å²) >= 11 is 0. The van der Waals surface area contributed by atoms with Crippen LogP contribution in [0.3, 0.4) is 0 Å². The summed E-state index contributed by atoms with van der Waals surface area (Å²) in [6, 6.07) is 10.0. The average molecular weight is 312 g/mol. The first-order valence-electron chi connectivity index (χ1n) is 8.83. The number of carbonyl (C=O) groups is 1. The van der Waals surface area contributed by atoms with Gasteiger partial charge in [-0.3, -0.25) is 4.79 Å². The Morgan fingerprint density at radius 2 is 1.74 bits per heavy atom. The first-order chi connectivity index (χ1) is 11.2. The van der Waals surface area contributed by atoms with Gasteiger partial charge in [0.15, 0.2) is 0 Å². The van der Waals surface area contributed by atoms with Crippen LogP contribution in [0.2, 0.25) is 0 Å². The lowest BCUT2D eigenvalue weighted by molar-refractivity contribution is -0.118. The molecule has 3 heteroatoms. The number of para-hydroxylation sites is 1. The van der Waals surface area contributed by atoms with Crippen molar-refractivity contribution in [2.75, 3.05) is 0 Å². The van der Waals surface area contributed by atoms with Crippen LogP contribution in [0.15, 0.2) is 36.5 Å². The molecule has 0 spiro atoms. The normalized spacial score (nSPS) is 10.9. The van der Waals surface area contributed by atoms with E-state index in [0.29, 0.717) is 18.6 Å². The van der Waals surface area contributed by atoms with Gasteiger partial charge < -0.3 is 0 Å². The summed E-state index contributed by atoms with van der Waals surface area (Å²) in [5.41, 5.74) is 3.03. The fraction of sp³-hybridized carbons (Fsp3) is 0.500. The van der Waals surface area contributed by atoms with Crippen molar-refractivity contribution in [1.29, 1.82) is 0 Å². The molecule has 2 aromatic rings. The highest BCUT2D eigenvalue weighted by molar-refractivity contribution is 5.81. The Morgan fingerprint density at radius 1 is 1.04 bits per heavy atom. The average Bonchev–Trinajstić information content (AvgIpc) is 2.92. The number of hydrogen-bond acceptors (Lipinski definition) is 2. The second kappa shape index (κ2) is 9.29. The Hall–Kier alpha value is -1.90. The monoisotopic (exact) mass is 312 g/mol. The summed E-state index contributed by atoms with van der Waals surface area (Å²) in [5, 5.41) is 4.53.